The van der Waals surface area contributed by atoms with Crippen LogP contribution in [0.2, 0.25) is 5.02 Å². The highest BCUT2D eigenvalue weighted by molar-refractivity contribution is 6.30. The molecule has 4 saturated heterocycles. The first-order valence-electron chi connectivity index (χ1n) is 44.2. The van der Waals surface area contributed by atoms with Crippen LogP contribution in [0.15, 0.2) is 261 Å². The van der Waals surface area contributed by atoms with Gasteiger partial charge in [0.05, 0.1) is 85.1 Å². The smallest absolute Gasteiger partial charge is 0.416 e. The van der Waals surface area contributed by atoms with Gasteiger partial charge in [0.2, 0.25) is 0 Å². The third-order valence-corrected chi connectivity index (χ3v) is 22.9. The number of hydrogen-bond acceptors (Lipinski definition) is 22. The lowest BCUT2D eigenvalue weighted by Gasteiger charge is -2.28. The molecular formula is C102H81ClF12N18O8. The molecule has 4 amide bonds. The Bertz CT molecular complexity index is 7360. The molecule has 4 aliphatic heterocycles. The molecule has 0 bridgehead atoms. The van der Waals surface area contributed by atoms with Crippen LogP contribution < -0.4 is 70.4 Å². The van der Waals surface area contributed by atoms with Crippen molar-refractivity contribution < 1.29 is 90.8 Å². The summed E-state index contributed by atoms with van der Waals surface area (Å²) in [6.07, 6.45) is 2.25. The molecule has 20 rings (SSSR count). The van der Waals surface area contributed by atoms with Gasteiger partial charge in [0, 0.05) is 172 Å². The first-order chi connectivity index (χ1) is 68.0. The van der Waals surface area contributed by atoms with Crippen LogP contribution in [0.4, 0.5) is 98.7 Å². The summed E-state index contributed by atoms with van der Waals surface area (Å²) in [4.78, 5) is 95.0. The van der Waals surface area contributed by atoms with Crippen LogP contribution in [0, 0.1) is 34.9 Å². The number of rotatable bonds is 20. The fourth-order valence-electron chi connectivity index (χ4n) is 15.4. The van der Waals surface area contributed by atoms with Gasteiger partial charge in [-0.1, -0.05) is 29.8 Å². The lowest BCUT2D eigenvalue weighted by Crippen LogP contribution is -2.43. The molecule has 0 aliphatic carbocycles. The standard InChI is InChI=1S/C26H21F4N5O2.C26H20F4N4O2.C25H20ClF2N5O2.C25H20F2N4O2/c27-20-6-4-18(33-25(36)16-2-1-3-17(12-16)26(28,29)30)13-23(20)37-19-5-7-21-22(14-19)34-24(15-32-21)35-10-8-31-9-11-35;27-20-8-6-18(32-25(35)16-4-3-5-17(12-16)26(28,29)30)13-23(20)36-19-7-9-21-22(14-19)33-24(15-31-21)34-10-1-2-11-34;26-18-4-1-15(11-20(18)28)25(34)31-16-2-5-19(27)23(12-16)35-17-3-6-21-22(13-17)32-24(14-30-21)33-9-7-29-8-10-33;26-17-5-3-4-16(12-17)25(32)29-18-6-8-20(27)23(13-18)33-19-7-9-21-22(14-19)30-24(15-28-21)31-10-1-2-11-31/h1-7,12-15,31H,8-11H2,(H,33,36);3-9,12-15H,1-2,10-11H2,(H,32,35);1-6,11-14,29H,7-10H2,(H,31,34);3-9,12-15H,1-2,10-11H2,(H,29,32). The van der Waals surface area contributed by atoms with E-state index in [4.69, 9.17) is 35.5 Å². The molecule has 8 heterocycles. The zero-order valence-corrected chi connectivity index (χ0v) is 74.9. The van der Waals surface area contributed by atoms with Gasteiger partial charge in [0.25, 0.3) is 23.6 Å². The average Bonchev–Trinajstić information content (AvgIpc) is 1.49. The molecule has 39 heteroatoms. The average molecular weight is 1950 g/mol. The number of nitrogens with zero attached hydrogens (tertiary/aromatic N) is 12. The lowest BCUT2D eigenvalue weighted by molar-refractivity contribution is -0.138. The van der Waals surface area contributed by atoms with E-state index in [2.05, 4.69) is 86.4 Å². The third-order valence-electron chi connectivity index (χ3n) is 22.6. The number of hydrogen-bond donors (Lipinski definition) is 6. The van der Waals surface area contributed by atoms with E-state index in [1.54, 1.807) is 97.6 Å². The van der Waals surface area contributed by atoms with Crippen molar-refractivity contribution in [1.82, 2.24) is 50.5 Å². The molecule has 12 aromatic carbocycles. The summed E-state index contributed by atoms with van der Waals surface area (Å²) >= 11 is 5.67. The highest BCUT2D eigenvalue weighted by atomic mass is 35.5. The van der Waals surface area contributed by atoms with Crippen molar-refractivity contribution in [1.29, 1.82) is 0 Å². The highest BCUT2D eigenvalue weighted by Crippen LogP contribution is 2.39. The Hall–Kier alpha value is -16.4. The zero-order valence-electron chi connectivity index (χ0n) is 74.2. The predicted molar refractivity (Wildman–Crippen MR) is 510 cm³/mol. The van der Waals surface area contributed by atoms with Gasteiger partial charge in [-0.2, -0.15) is 26.3 Å². The SMILES string of the molecule is O=C(Nc1ccc(F)c(Oc2ccc3ncc(N4CCCC4)nc3c2)c1)c1cccc(C(F)(F)F)c1.O=C(Nc1ccc(F)c(Oc2ccc3ncc(N4CCCC4)nc3c2)c1)c1cccc(F)c1.O=C(Nc1ccc(F)c(Oc2ccc3ncc(N4CCNCC4)nc3c2)c1)c1ccc(Cl)c(F)c1.O=C(Nc1ccc(F)c(Oc2ccc3ncc(N4CCNCC4)nc3c2)c1)c1cccc(C(F)(F)F)c1. The highest BCUT2D eigenvalue weighted by Gasteiger charge is 2.33. The molecule has 0 atom stereocenters. The number of anilines is 8. The zero-order chi connectivity index (χ0) is 98.4. The van der Waals surface area contributed by atoms with Crippen molar-refractivity contribution >= 4 is 125 Å². The fraction of sp³-hybridized carbons (Fsp3) is 0.176. The van der Waals surface area contributed by atoms with Crippen molar-refractivity contribution in [2.24, 2.45) is 0 Å². The second-order valence-electron chi connectivity index (χ2n) is 32.5. The van der Waals surface area contributed by atoms with Crippen LogP contribution in [0.25, 0.3) is 44.1 Å². The van der Waals surface area contributed by atoms with E-state index in [-0.39, 0.29) is 67.3 Å². The van der Waals surface area contributed by atoms with Crippen LogP contribution in [-0.2, 0) is 12.4 Å². The van der Waals surface area contributed by atoms with E-state index in [0.29, 0.717) is 72.8 Å². The van der Waals surface area contributed by atoms with Crippen molar-refractivity contribution in [3.63, 3.8) is 0 Å². The Labute approximate surface area is 800 Å². The van der Waals surface area contributed by atoms with E-state index in [0.717, 1.165) is 188 Å². The van der Waals surface area contributed by atoms with E-state index < -0.39 is 82.0 Å². The summed E-state index contributed by atoms with van der Waals surface area (Å²) in [5.74, 6) is -2.43. The van der Waals surface area contributed by atoms with Gasteiger partial charge in [-0.15, -0.1) is 0 Å². The van der Waals surface area contributed by atoms with Crippen LogP contribution in [-0.4, -0.2) is 142 Å². The summed E-state index contributed by atoms with van der Waals surface area (Å²) in [6, 6.07) is 52.5. The van der Waals surface area contributed by atoms with Gasteiger partial charge in [0.15, 0.2) is 46.3 Å². The topological polar surface area (TPSA) is 293 Å². The first kappa shape index (κ1) is 96.3. The minimum atomic E-state index is -4.58. The molecule has 718 valence electrons. The molecule has 16 aromatic rings. The molecule has 4 aromatic heterocycles. The molecule has 0 unspecified atom stereocenters. The lowest BCUT2D eigenvalue weighted by atomic mass is 10.1. The number of amides is 4. The van der Waals surface area contributed by atoms with Crippen molar-refractivity contribution in [3.05, 3.63) is 335 Å². The molecule has 4 aliphatic rings. The second-order valence-corrected chi connectivity index (χ2v) is 32.9. The van der Waals surface area contributed by atoms with E-state index in [1.807, 2.05) is 0 Å². The maximum atomic E-state index is 14.5. The largest absolute Gasteiger partial charge is 0.454 e. The van der Waals surface area contributed by atoms with Crippen LogP contribution >= 0.6 is 11.6 Å². The molecule has 0 saturated carbocycles. The summed E-state index contributed by atoms with van der Waals surface area (Å²) in [5, 5.41) is 16.7. The summed E-state index contributed by atoms with van der Waals surface area (Å²) in [5.41, 5.74) is 4.02. The van der Waals surface area contributed by atoms with E-state index >= 15 is 0 Å². The summed E-state index contributed by atoms with van der Waals surface area (Å²) < 4.78 is 186. The molecule has 0 radical (unpaired) electrons. The monoisotopic (exact) mass is 1950 g/mol. The fourth-order valence-corrected chi connectivity index (χ4v) is 15.5. The second kappa shape index (κ2) is 43.1. The number of carbonyl (C=O) groups is 4. The summed E-state index contributed by atoms with van der Waals surface area (Å²) in [7, 11) is 0. The number of benzene rings is 12. The normalized spacial score (nSPS) is 13.7. The maximum Gasteiger partial charge on any atom is 0.416 e. The van der Waals surface area contributed by atoms with Crippen LogP contribution in [0.5, 0.6) is 46.0 Å². The Balaban J connectivity index is 0.000000130. The number of halogens is 13. The number of alkyl halides is 6. The maximum absolute atomic E-state index is 14.5. The first-order valence-corrected chi connectivity index (χ1v) is 44.6. The van der Waals surface area contributed by atoms with Crippen LogP contribution in [0.3, 0.4) is 0 Å². The molecule has 0 spiro atoms. The van der Waals surface area contributed by atoms with Gasteiger partial charge in [-0.3, -0.25) is 39.1 Å². The number of aromatic nitrogens is 8. The minimum Gasteiger partial charge on any atom is -0.454 e. The van der Waals surface area contributed by atoms with Gasteiger partial charge in [-0.25, -0.2) is 46.3 Å². The van der Waals surface area contributed by atoms with Crippen molar-refractivity contribution in [2.45, 2.75) is 38.0 Å². The Morgan fingerprint density at radius 1 is 0.298 bits per heavy atom. The Kier molecular flexibility index (Phi) is 29.5. The van der Waals surface area contributed by atoms with Gasteiger partial charge in [-0.05, 0) is 196 Å². The molecule has 6 N–H and O–H groups in total. The number of ether oxygens (including phenoxy) is 4. The quantitative estimate of drug-likeness (QED) is 0.0386. The predicted octanol–water partition coefficient (Wildman–Crippen LogP) is 22.2. The number of fused-ring (bicyclic) bond motifs is 4. The van der Waals surface area contributed by atoms with Gasteiger partial charge in [0.1, 0.15) is 57.9 Å². The molecule has 141 heavy (non-hydrogen) atoms. The van der Waals surface area contributed by atoms with E-state index in [1.165, 1.54) is 103 Å². The third kappa shape index (κ3) is 24.6. The van der Waals surface area contributed by atoms with E-state index in [9.17, 15) is 71.9 Å². The number of nitrogens with one attached hydrogen (secondary N) is 6. The van der Waals surface area contributed by atoms with Crippen LogP contribution in [0.1, 0.15) is 78.2 Å². The molecule has 4 fully saturated rings. The molecular weight excluding hydrogens is 1870 g/mol. The Morgan fingerprint density at radius 2 is 0.582 bits per heavy atom. The summed E-state index contributed by atoms with van der Waals surface area (Å²) in [6.45, 7) is 10.5. The number of carbonyl (C=O) groups excluding carboxylic acids is 4. The van der Waals surface area contributed by atoms with Crippen molar-refractivity contribution in [3.8, 4) is 46.0 Å². The minimum absolute atomic E-state index is 0.0601. The molecule has 26 nitrogen and oxygen atoms in total. The van der Waals surface area contributed by atoms with Gasteiger partial charge < -0.3 is 70.4 Å². The van der Waals surface area contributed by atoms with Gasteiger partial charge >= 0.3 is 12.4 Å². The van der Waals surface area contributed by atoms with Crippen molar-refractivity contribution in [2.75, 3.05) is 119 Å². The Morgan fingerprint density at radius 3 is 0.872 bits per heavy atom. The number of piperazine rings is 2.